The fourth-order valence-electron chi connectivity index (χ4n) is 0.953. The molecule has 0 fully saturated rings. The normalized spacial score (nSPS) is 12.3. The van der Waals surface area contributed by atoms with E-state index in [9.17, 15) is 4.79 Å². The van der Waals surface area contributed by atoms with Gasteiger partial charge in [0.05, 0.1) is 0 Å². The summed E-state index contributed by atoms with van der Waals surface area (Å²) in [5.41, 5.74) is -0.221. The number of allylic oxidation sites excluding steroid dienone is 2. The van der Waals surface area contributed by atoms with E-state index in [-0.39, 0.29) is 11.2 Å². The molecule has 76 valence electrons. The average Bonchev–Trinajstić information content (AvgIpc) is 2.02. The van der Waals surface area contributed by atoms with Gasteiger partial charge in [0.1, 0.15) is 0 Å². The molecule has 0 aromatic heterocycles. The first-order chi connectivity index (χ1) is 5.98. The van der Waals surface area contributed by atoms with Gasteiger partial charge in [-0.2, -0.15) is 0 Å². The van der Waals surface area contributed by atoms with Crippen molar-refractivity contribution in [2.45, 2.75) is 53.4 Å². The van der Waals surface area contributed by atoms with Gasteiger partial charge in [-0.25, -0.2) is 0 Å². The summed E-state index contributed by atoms with van der Waals surface area (Å²) in [6.07, 6.45) is 8.47. The van der Waals surface area contributed by atoms with Crippen molar-refractivity contribution < 1.29 is 4.79 Å². The van der Waals surface area contributed by atoms with Gasteiger partial charge in [0.15, 0.2) is 5.78 Å². The van der Waals surface area contributed by atoms with Gasteiger partial charge in [0.2, 0.25) is 0 Å². The maximum Gasteiger partial charge on any atom is 0.160 e. The smallest absolute Gasteiger partial charge is 0.160 e. The second-order valence-corrected chi connectivity index (χ2v) is 4.51. The van der Waals surface area contributed by atoms with E-state index in [2.05, 4.69) is 6.92 Å². The van der Waals surface area contributed by atoms with Crippen LogP contribution in [0.4, 0.5) is 0 Å². The molecular weight excluding hydrogens is 160 g/mol. The molecule has 0 aromatic rings. The van der Waals surface area contributed by atoms with Crippen LogP contribution in [0.2, 0.25) is 0 Å². The number of unbranched alkanes of at least 4 members (excludes halogenated alkanes) is 3. The minimum absolute atomic E-state index is 0.221. The highest BCUT2D eigenvalue weighted by atomic mass is 16.1. The zero-order valence-corrected chi connectivity index (χ0v) is 9.39. The van der Waals surface area contributed by atoms with E-state index in [1.54, 1.807) is 6.08 Å². The minimum Gasteiger partial charge on any atom is -0.294 e. The van der Waals surface area contributed by atoms with Crippen LogP contribution >= 0.6 is 0 Å². The highest BCUT2D eigenvalue weighted by Crippen LogP contribution is 2.15. The Morgan fingerprint density at radius 2 is 1.85 bits per heavy atom. The van der Waals surface area contributed by atoms with E-state index in [0.717, 1.165) is 6.42 Å². The Morgan fingerprint density at radius 3 is 2.31 bits per heavy atom. The summed E-state index contributed by atoms with van der Waals surface area (Å²) >= 11 is 0. The lowest BCUT2D eigenvalue weighted by molar-refractivity contribution is -0.121. The molecule has 0 spiro atoms. The Balaban J connectivity index is 3.67. The quantitative estimate of drug-likeness (QED) is 0.467. The van der Waals surface area contributed by atoms with E-state index in [4.69, 9.17) is 0 Å². The number of ketones is 1. The Kier molecular flexibility index (Phi) is 5.68. The monoisotopic (exact) mass is 182 g/mol. The van der Waals surface area contributed by atoms with E-state index in [1.165, 1.54) is 19.3 Å². The highest BCUT2D eigenvalue weighted by molar-refractivity contribution is 5.93. The first-order valence-electron chi connectivity index (χ1n) is 5.19. The molecule has 0 amide bonds. The maximum atomic E-state index is 11.4. The van der Waals surface area contributed by atoms with Crippen LogP contribution in [0.25, 0.3) is 0 Å². The van der Waals surface area contributed by atoms with Crippen LogP contribution in [0, 0.1) is 5.41 Å². The van der Waals surface area contributed by atoms with Crippen molar-refractivity contribution in [3.05, 3.63) is 12.2 Å². The van der Waals surface area contributed by atoms with Crippen molar-refractivity contribution >= 4 is 5.78 Å². The lowest BCUT2D eigenvalue weighted by Crippen LogP contribution is -2.17. The third kappa shape index (κ3) is 6.56. The van der Waals surface area contributed by atoms with Crippen LogP contribution in [-0.4, -0.2) is 5.78 Å². The van der Waals surface area contributed by atoms with Crippen LogP contribution in [0.1, 0.15) is 53.4 Å². The largest absolute Gasteiger partial charge is 0.294 e. The summed E-state index contributed by atoms with van der Waals surface area (Å²) in [6.45, 7) is 8.03. The molecule has 1 heteroatoms. The fourth-order valence-corrected chi connectivity index (χ4v) is 0.953. The number of carbonyl (C=O) groups is 1. The van der Waals surface area contributed by atoms with Crippen LogP contribution in [0.15, 0.2) is 12.2 Å². The molecule has 0 unspecified atom stereocenters. The van der Waals surface area contributed by atoms with Crippen LogP contribution in [0.5, 0.6) is 0 Å². The van der Waals surface area contributed by atoms with Crippen molar-refractivity contribution in [3.8, 4) is 0 Å². The molecule has 0 atom stereocenters. The predicted molar refractivity (Wildman–Crippen MR) is 57.7 cm³/mol. The molecule has 0 aliphatic carbocycles. The summed E-state index contributed by atoms with van der Waals surface area (Å²) in [7, 11) is 0. The first kappa shape index (κ1) is 12.4. The Labute approximate surface area is 82.2 Å². The fraction of sp³-hybridized carbons (Fsp3) is 0.750. The van der Waals surface area contributed by atoms with E-state index in [0.29, 0.717) is 0 Å². The molecule has 0 aliphatic heterocycles. The first-order valence-corrected chi connectivity index (χ1v) is 5.19. The van der Waals surface area contributed by atoms with Crippen molar-refractivity contribution in [2.75, 3.05) is 0 Å². The maximum absolute atomic E-state index is 11.4. The van der Waals surface area contributed by atoms with Crippen LogP contribution in [-0.2, 0) is 4.79 Å². The Hall–Kier alpha value is -0.590. The van der Waals surface area contributed by atoms with E-state index < -0.39 is 0 Å². The number of hydrogen-bond donors (Lipinski definition) is 0. The topological polar surface area (TPSA) is 17.1 Å². The molecule has 1 nitrogen and oxygen atoms in total. The third-order valence-electron chi connectivity index (χ3n) is 1.98. The van der Waals surface area contributed by atoms with Gasteiger partial charge in [-0.15, -0.1) is 0 Å². The van der Waals surface area contributed by atoms with Crippen molar-refractivity contribution in [1.82, 2.24) is 0 Å². The van der Waals surface area contributed by atoms with Crippen molar-refractivity contribution in [1.29, 1.82) is 0 Å². The summed E-state index contributed by atoms with van der Waals surface area (Å²) in [4.78, 5) is 11.4. The van der Waals surface area contributed by atoms with Gasteiger partial charge in [-0.1, -0.05) is 46.6 Å². The van der Waals surface area contributed by atoms with Crippen molar-refractivity contribution in [3.63, 3.8) is 0 Å². The summed E-state index contributed by atoms with van der Waals surface area (Å²) in [5.74, 6) is 0.226. The second kappa shape index (κ2) is 5.95. The van der Waals surface area contributed by atoms with Gasteiger partial charge >= 0.3 is 0 Å². The standard InChI is InChI=1S/C12H22O/c1-5-6-7-8-9-10-11(13)12(2,3)4/h9-10H,5-8H2,1-4H3. The lowest BCUT2D eigenvalue weighted by Gasteiger charge is -2.12. The minimum atomic E-state index is -0.221. The van der Waals surface area contributed by atoms with E-state index in [1.807, 2.05) is 26.8 Å². The molecule has 0 bridgehead atoms. The summed E-state index contributed by atoms with van der Waals surface area (Å²) in [6, 6.07) is 0. The van der Waals surface area contributed by atoms with Crippen LogP contribution in [0.3, 0.4) is 0 Å². The molecule has 0 N–H and O–H groups in total. The average molecular weight is 182 g/mol. The molecule has 0 saturated carbocycles. The number of rotatable bonds is 5. The Bertz CT molecular complexity index is 172. The third-order valence-corrected chi connectivity index (χ3v) is 1.98. The number of hydrogen-bond acceptors (Lipinski definition) is 1. The molecule has 0 heterocycles. The molecule has 0 aromatic carbocycles. The molecular formula is C12H22O. The molecule has 0 radical (unpaired) electrons. The molecule has 0 saturated heterocycles. The van der Waals surface area contributed by atoms with Gasteiger partial charge in [-0.3, -0.25) is 4.79 Å². The highest BCUT2D eigenvalue weighted by Gasteiger charge is 2.17. The van der Waals surface area contributed by atoms with Crippen LogP contribution < -0.4 is 0 Å². The predicted octanol–water partition coefficient (Wildman–Crippen LogP) is 3.74. The summed E-state index contributed by atoms with van der Waals surface area (Å²) in [5, 5.41) is 0. The molecule has 0 aliphatic rings. The van der Waals surface area contributed by atoms with Gasteiger partial charge in [0.25, 0.3) is 0 Å². The number of carbonyl (C=O) groups excluding carboxylic acids is 1. The second-order valence-electron chi connectivity index (χ2n) is 4.51. The molecule has 13 heavy (non-hydrogen) atoms. The van der Waals surface area contributed by atoms with Crippen molar-refractivity contribution in [2.24, 2.45) is 5.41 Å². The lowest BCUT2D eigenvalue weighted by atomic mass is 9.90. The van der Waals surface area contributed by atoms with E-state index >= 15 is 0 Å². The Morgan fingerprint density at radius 1 is 1.23 bits per heavy atom. The SMILES string of the molecule is CCCCCC=CC(=O)C(C)(C)C. The van der Waals surface area contributed by atoms with Gasteiger partial charge < -0.3 is 0 Å². The molecule has 0 rings (SSSR count). The van der Waals surface area contributed by atoms with Gasteiger partial charge in [0, 0.05) is 5.41 Å². The van der Waals surface area contributed by atoms with Gasteiger partial charge in [-0.05, 0) is 18.9 Å². The summed E-state index contributed by atoms with van der Waals surface area (Å²) < 4.78 is 0. The zero-order chi connectivity index (χ0) is 10.3. The zero-order valence-electron chi connectivity index (χ0n) is 9.39.